The van der Waals surface area contributed by atoms with Crippen molar-refractivity contribution in [3.63, 3.8) is 0 Å². The van der Waals surface area contributed by atoms with Crippen molar-refractivity contribution < 1.29 is 17.9 Å². The average Bonchev–Trinajstić information content (AvgIpc) is 3.12. The third kappa shape index (κ3) is 6.71. The number of benzene rings is 2. The van der Waals surface area contributed by atoms with Crippen LogP contribution in [0.5, 0.6) is 5.75 Å². The number of amides is 1. The summed E-state index contributed by atoms with van der Waals surface area (Å²) in [6.07, 6.45) is 4.99. The number of ether oxygens (including phenoxy) is 1. The average molecular weight is 464 g/mol. The van der Waals surface area contributed by atoms with Gasteiger partial charge in [0.15, 0.2) is 9.84 Å². The van der Waals surface area contributed by atoms with Crippen LogP contribution < -0.4 is 4.74 Å². The molecule has 0 aliphatic carbocycles. The predicted octanol–water partition coefficient (Wildman–Crippen LogP) is 5.13. The molecule has 3 rings (SSSR count). The SMILES string of the molecule is CCCCCCOc1ccc(C(=O)N(Cc2ccccc2Cl)[C@H]2CCS(=O)(=O)C2)cc1. The van der Waals surface area contributed by atoms with Crippen LogP contribution in [0.2, 0.25) is 5.02 Å². The zero-order valence-electron chi connectivity index (χ0n) is 17.9. The summed E-state index contributed by atoms with van der Waals surface area (Å²) in [5.74, 6) is 0.627. The molecule has 1 aliphatic heterocycles. The molecule has 2 aromatic carbocycles. The maximum absolute atomic E-state index is 13.3. The summed E-state index contributed by atoms with van der Waals surface area (Å²) in [4.78, 5) is 15.0. The number of nitrogens with zero attached hydrogens (tertiary/aromatic N) is 1. The lowest BCUT2D eigenvalue weighted by atomic mass is 10.1. The number of hydrogen-bond donors (Lipinski definition) is 0. The van der Waals surface area contributed by atoms with E-state index in [0.717, 1.165) is 24.2 Å². The van der Waals surface area contributed by atoms with Crippen molar-refractivity contribution in [3.05, 3.63) is 64.7 Å². The summed E-state index contributed by atoms with van der Waals surface area (Å²) < 4.78 is 29.9. The van der Waals surface area contributed by atoms with Gasteiger partial charge < -0.3 is 9.64 Å². The van der Waals surface area contributed by atoms with Crippen LogP contribution >= 0.6 is 11.6 Å². The Bertz CT molecular complexity index is 975. The van der Waals surface area contributed by atoms with Gasteiger partial charge in [0, 0.05) is 23.2 Å². The van der Waals surface area contributed by atoms with Crippen molar-refractivity contribution in [3.8, 4) is 5.75 Å². The van der Waals surface area contributed by atoms with Crippen LogP contribution in [0.25, 0.3) is 0 Å². The highest BCUT2D eigenvalue weighted by atomic mass is 35.5. The second-order valence-electron chi connectivity index (χ2n) is 8.01. The van der Waals surface area contributed by atoms with Crippen molar-refractivity contribution in [1.82, 2.24) is 4.90 Å². The molecule has 0 bridgehead atoms. The van der Waals surface area contributed by atoms with E-state index in [1.54, 1.807) is 35.2 Å². The number of carbonyl (C=O) groups is 1. The van der Waals surface area contributed by atoms with Crippen LogP contribution in [0.4, 0.5) is 0 Å². The van der Waals surface area contributed by atoms with E-state index in [4.69, 9.17) is 16.3 Å². The molecule has 1 amide bonds. The Morgan fingerprint density at radius 1 is 1.10 bits per heavy atom. The molecule has 0 N–H and O–H groups in total. The van der Waals surface area contributed by atoms with Gasteiger partial charge in [-0.05, 0) is 48.7 Å². The lowest BCUT2D eigenvalue weighted by molar-refractivity contribution is 0.0681. The topological polar surface area (TPSA) is 63.7 Å². The monoisotopic (exact) mass is 463 g/mol. The Morgan fingerprint density at radius 3 is 2.48 bits per heavy atom. The Balaban J connectivity index is 1.72. The molecule has 1 saturated heterocycles. The van der Waals surface area contributed by atoms with Crippen molar-refractivity contribution in [2.24, 2.45) is 0 Å². The molecule has 31 heavy (non-hydrogen) atoms. The first-order chi connectivity index (χ1) is 14.9. The normalized spacial score (nSPS) is 17.4. The van der Waals surface area contributed by atoms with Gasteiger partial charge in [0.05, 0.1) is 18.1 Å². The van der Waals surface area contributed by atoms with Crippen LogP contribution in [-0.2, 0) is 16.4 Å². The molecule has 5 nitrogen and oxygen atoms in total. The largest absolute Gasteiger partial charge is 0.494 e. The van der Waals surface area contributed by atoms with E-state index in [9.17, 15) is 13.2 Å². The summed E-state index contributed by atoms with van der Waals surface area (Å²) in [6, 6.07) is 14.1. The standard InChI is InChI=1S/C24H30ClNO4S/c1-2-3-4-7-15-30-22-12-10-19(11-13-22)24(27)26(21-14-16-31(28,29)18-21)17-20-8-5-6-9-23(20)25/h5-6,8-13,21H,2-4,7,14-18H2,1H3/t21-/m0/s1. The fourth-order valence-corrected chi connectivity index (χ4v) is 5.70. The Kier molecular flexibility index (Phi) is 8.38. The van der Waals surface area contributed by atoms with E-state index >= 15 is 0 Å². The highest BCUT2D eigenvalue weighted by Crippen LogP contribution is 2.25. The fourth-order valence-electron chi connectivity index (χ4n) is 3.78. The van der Waals surface area contributed by atoms with Crippen LogP contribution in [0.3, 0.4) is 0 Å². The summed E-state index contributed by atoms with van der Waals surface area (Å²) in [7, 11) is -3.13. The summed E-state index contributed by atoms with van der Waals surface area (Å²) in [5, 5.41) is 0.563. The summed E-state index contributed by atoms with van der Waals surface area (Å²) >= 11 is 6.31. The van der Waals surface area contributed by atoms with Crippen molar-refractivity contribution >= 4 is 27.3 Å². The smallest absolute Gasteiger partial charge is 0.254 e. The molecule has 0 saturated carbocycles. The quantitative estimate of drug-likeness (QED) is 0.458. The molecule has 0 aromatic heterocycles. The zero-order chi connectivity index (χ0) is 22.3. The molecule has 0 spiro atoms. The summed E-state index contributed by atoms with van der Waals surface area (Å²) in [5.41, 5.74) is 1.31. The first-order valence-corrected chi connectivity index (χ1v) is 13.1. The molecule has 1 fully saturated rings. The van der Waals surface area contributed by atoms with Crippen molar-refractivity contribution in [2.45, 2.75) is 51.6 Å². The van der Waals surface area contributed by atoms with E-state index in [1.165, 1.54) is 12.8 Å². The molecule has 2 aromatic rings. The van der Waals surface area contributed by atoms with Crippen LogP contribution in [0.15, 0.2) is 48.5 Å². The minimum Gasteiger partial charge on any atom is -0.494 e. The maximum Gasteiger partial charge on any atom is 0.254 e. The minimum atomic E-state index is -3.13. The minimum absolute atomic E-state index is 0.0118. The third-order valence-electron chi connectivity index (χ3n) is 5.58. The van der Waals surface area contributed by atoms with Gasteiger partial charge in [-0.2, -0.15) is 0 Å². The molecule has 1 aliphatic rings. The molecule has 7 heteroatoms. The van der Waals surface area contributed by atoms with Gasteiger partial charge in [0.25, 0.3) is 5.91 Å². The number of unbranched alkanes of at least 4 members (excludes halogenated alkanes) is 3. The van der Waals surface area contributed by atoms with Crippen molar-refractivity contribution in [2.75, 3.05) is 18.1 Å². The zero-order valence-corrected chi connectivity index (χ0v) is 19.5. The van der Waals surface area contributed by atoms with Crippen LogP contribution in [0, 0.1) is 0 Å². The second-order valence-corrected chi connectivity index (χ2v) is 10.7. The number of hydrogen-bond acceptors (Lipinski definition) is 4. The first-order valence-electron chi connectivity index (χ1n) is 10.9. The number of carbonyl (C=O) groups excluding carboxylic acids is 1. The number of halogens is 1. The molecule has 1 atom stereocenters. The van der Waals surface area contributed by atoms with Gasteiger partial charge in [-0.1, -0.05) is 56.0 Å². The lowest BCUT2D eigenvalue weighted by Crippen LogP contribution is -2.40. The van der Waals surface area contributed by atoms with E-state index in [1.807, 2.05) is 18.2 Å². The molecule has 168 valence electrons. The third-order valence-corrected chi connectivity index (χ3v) is 7.70. The van der Waals surface area contributed by atoms with Crippen LogP contribution in [-0.4, -0.2) is 43.4 Å². The van der Waals surface area contributed by atoms with Gasteiger partial charge in [-0.15, -0.1) is 0 Å². The Labute approximate surface area is 190 Å². The molecule has 0 radical (unpaired) electrons. The van der Waals surface area contributed by atoms with Crippen LogP contribution in [0.1, 0.15) is 54.9 Å². The Morgan fingerprint density at radius 2 is 1.84 bits per heavy atom. The predicted molar refractivity (Wildman–Crippen MR) is 124 cm³/mol. The summed E-state index contributed by atoms with van der Waals surface area (Å²) in [6.45, 7) is 3.10. The number of rotatable bonds is 10. The van der Waals surface area contributed by atoms with Gasteiger partial charge in [-0.3, -0.25) is 4.79 Å². The number of sulfone groups is 1. The lowest BCUT2D eigenvalue weighted by Gasteiger charge is -2.29. The molecular weight excluding hydrogens is 434 g/mol. The maximum atomic E-state index is 13.3. The van der Waals surface area contributed by atoms with E-state index in [2.05, 4.69) is 6.92 Å². The second kappa shape index (κ2) is 11.0. The van der Waals surface area contributed by atoms with Crippen molar-refractivity contribution in [1.29, 1.82) is 0 Å². The Hall–Kier alpha value is -2.05. The van der Waals surface area contributed by atoms with Gasteiger partial charge in [0.2, 0.25) is 0 Å². The molecular formula is C24H30ClNO4S. The highest BCUT2D eigenvalue weighted by Gasteiger charge is 2.35. The van der Waals surface area contributed by atoms with E-state index in [0.29, 0.717) is 23.6 Å². The first kappa shape index (κ1) is 23.6. The van der Waals surface area contributed by atoms with Gasteiger partial charge >= 0.3 is 0 Å². The fraction of sp³-hybridized carbons (Fsp3) is 0.458. The van der Waals surface area contributed by atoms with E-state index < -0.39 is 9.84 Å². The highest BCUT2D eigenvalue weighted by molar-refractivity contribution is 7.91. The van der Waals surface area contributed by atoms with Gasteiger partial charge in [0.1, 0.15) is 5.75 Å². The molecule has 1 heterocycles. The van der Waals surface area contributed by atoms with E-state index in [-0.39, 0.29) is 30.0 Å². The molecule has 0 unspecified atom stereocenters. The van der Waals surface area contributed by atoms with Gasteiger partial charge in [-0.25, -0.2) is 8.42 Å².